The van der Waals surface area contributed by atoms with E-state index in [2.05, 4.69) is 38.0 Å². The standard InChI is InChI=1S/C20H24N4O2S/c1-27(25,26)23-19-4-2-3-16(11-19)13-24-8-7-17(14-24)9-15-5-6-20-18(10-15)12-21-22-20/h2-6,10-12,17,23H,7-9,13-14H2,1H3,(H,21,22)/t17-/m1/s1. The van der Waals surface area contributed by atoms with E-state index in [0.717, 1.165) is 42.5 Å². The Labute approximate surface area is 159 Å². The van der Waals surface area contributed by atoms with Gasteiger partial charge in [0.15, 0.2) is 0 Å². The van der Waals surface area contributed by atoms with Gasteiger partial charge in [-0.15, -0.1) is 0 Å². The summed E-state index contributed by atoms with van der Waals surface area (Å²) >= 11 is 0. The fraction of sp³-hybridized carbons (Fsp3) is 0.350. The van der Waals surface area contributed by atoms with Gasteiger partial charge in [-0.3, -0.25) is 14.7 Å². The summed E-state index contributed by atoms with van der Waals surface area (Å²) in [6.45, 7) is 2.98. The van der Waals surface area contributed by atoms with Gasteiger partial charge in [-0.1, -0.05) is 18.2 Å². The summed E-state index contributed by atoms with van der Waals surface area (Å²) in [6.07, 6.45) is 5.31. The molecule has 1 saturated heterocycles. The highest BCUT2D eigenvalue weighted by atomic mass is 32.2. The van der Waals surface area contributed by atoms with E-state index in [1.807, 2.05) is 24.4 Å². The van der Waals surface area contributed by atoms with Crippen molar-refractivity contribution < 1.29 is 8.42 Å². The molecule has 0 radical (unpaired) electrons. The highest BCUT2D eigenvalue weighted by Gasteiger charge is 2.23. The molecule has 1 atom stereocenters. The molecule has 0 bridgehead atoms. The summed E-state index contributed by atoms with van der Waals surface area (Å²) in [7, 11) is -3.25. The molecule has 3 aromatic rings. The van der Waals surface area contributed by atoms with Crippen molar-refractivity contribution in [3.63, 3.8) is 0 Å². The molecule has 1 aliphatic rings. The molecule has 7 heteroatoms. The van der Waals surface area contributed by atoms with Gasteiger partial charge in [-0.05, 0) is 60.7 Å². The lowest BCUT2D eigenvalue weighted by Gasteiger charge is -2.17. The summed E-state index contributed by atoms with van der Waals surface area (Å²) in [5.74, 6) is 0.645. The van der Waals surface area contributed by atoms with E-state index in [-0.39, 0.29) is 0 Å². The average molecular weight is 385 g/mol. The summed E-state index contributed by atoms with van der Waals surface area (Å²) in [5, 5.41) is 8.24. The molecule has 0 aliphatic carbocycles. The van der Waals surface area contributed by atoms with Gasteiger partial charge in [0.25, 0.3) is 0 Å². The van der Waals surface area contributed by atoms with Gasteiger partial charge in [0.05, 0.1) is 18.0 Å². The predicted octanol–water partition coefficient (Wildman–Crippen LogP) is 3.00. The third-order valence-electron chi connectivity index (χ3n) is 5.04. The van der Waals surface area contributed by atoms with Crippen molar-refractivity contribution in [2.24, 2.45) is 5.92 Å². The van der Waals surface area contributed by atoms with Crippen molar-refractivity contribution in [2.75, 3.05) is 24.1 Å². The van der Waals surface area contributed by atoms with E-state index in [1.54, 1.807) is 6.07 Å². The molecule has 1 aliphatic heterocycles. The van der Waals surface area contributed by atoms with Crippen LogP contribution in [0.25, 0.3) is 10.9 Å². The molecular weight excluding hydrogens is 360 g/mol. The fourth-order valence-corrected chi connectivity index (χ4v) is 4.44. The van der Waals surface area contributed by atoms with Gasteiger partial charge in [0, 0.05) is 24.2 Å². The van der Waals surface area contributed by atoms with Crippen LogP contribution in [0.3, 0.4) is 0 Å². The molecule has 4 rings (SSSR count). The Bertz CT molecular complexity index is 1040. The number of nitrogens with zero attached hydrogens (tertiary/aromatic N) is 2. The van der Waals surface area contributed by atoms with E-state index >= 15 is 0 Å². The monoisotopic (exact) mass is 384 g/mol. The first-order valence-corrected chi connectivity index (χ1v) is 11.0. The smallest absolute Gasteiger partial charge is 0.229 e. The van der Waals surface area contributed by atoms with Crippen LogP contribution in [0, 0.1) is 5.92 Å². The maximum atomic E-state index is 11.4. The Morgan fingerprint density at radius 2 is 2.11 bits per heavy atom. The third kappa shape index (κ3) is 4.67. The predicted molar refractivity (Wildman–Crippen MR) is 108 cm³/mol. The highest BCUT2D eigenvalue weighted by molar-refractivity contribution is 7.92. The number of anilines is 1. The zero-order chi connectivity index (χ0) is 18.9. The van der Waals surface area contributed by atoms with Crippen molar-refractivity contribution >= 4 is 26.6 Å². The molecule has 2 N–H and O–H groups in total. The van der Waals surface area contributed by atoms with Crippen molar-refractivity contribution in [2.45, 2.75) is 19.4 Å². The quantitative estimate of drug-likeness (QED) is 0.685. The number of rotatable bonds is 6. The number of aromatic nitrogens is 2. The van der Waals surface area contributed by atoms with E-state index in [1.165, 1.54) is 18.2 Å². The molecule has 2 heterocycles. The molecule has 0 spiro atoms. The van der Waals surface area contributed by atoms with Crippen LogP contribution in [0.15, 0.2) is 48.7 Å². The van der Waals surface area contributed by atoms with Crippen LogP contribution >= 0.6 is 0 Å². The van der Waals surface area contributed by atoms with Crippen LogP contribution in [0.1, 0.15) is 17.5 Å². The number of fused-ring (bicyclic) bond motifs is 1. The molecule has 27 heavy (non-hydrogen) atoms. The molecule has 1 aromatic heterocycles. The second-order valence-corrected chi connectivity index (χ2v) is 9.21. The normalized spacial score (nSPS) is 18.2. The molecule has 0 saturated carbocycles. The maximum absolute atomic E-state index is 11.4. The lowest BCUT2D eigenvalue weighted by molar-refractivity contribution is 0.316. The number of likely N-dealkylation sites (tertiary alicyclic amines) is 1. The van der Waals surface area contributed by atoms with Crippen LogP contribution in [0.5, 0.6) is 0 Å². The van der Waals surface area contributed by atoms with Crippen molar-refractivity contribution in [3.8, 4) is 0 Å². The van der Waals surface area contributed by atoms with Crippen molar-refractivity contribution in [3.05, 3.63) is 59.8 Å². The number of benzene rings is 2. The molecule has 1 fully saturated rings. The van der Waals surface area contributed by atoms with Gasteiger partial charge in [0.1, 0.15) is 0 Å². The molecule has 142 valence electrons. The third-order valence-corrected chi connectivity index (χ3v) is 5.64. The minimum Gasteiger partial charge on any atom is -0.299 e. The Morgan fingerprint density at radius 1 is 1.22 bits per heavy atom. The highest BCUT2D eigenvalue weighted by Crippen LogP contribution is 2.24. The first-order valence-electron chi connectivity index (χ1n) is 9.16. The van der Waals surface area contributed by atoms with E-state index < -0.39 is 10.0 Å². The molecule has 6 nitrogen and oxygen atoms in total. The number of nitrogens with one attached hydrogen (secondary N) is 2. The van der Waals surface area contributed by atoms with Gasteiger partial charge in [0.2, 0.25) is 10.0 Å². The average Bonchev–Trinajstić information content (AvgIpc) is 3.22. The maximum Gasteiger partial charge on any atom is 0.229 e. The van der Waals surface area contributed by atoms with Crippen LogP contribution in [-0.2, 0) is 23.0 Å². The minimum atomic E-state index is -3.25. The summed E-state index contributed by atoms with van der Waals surface area (Å²) in [4.78, 5) is 2.45. The molecule has 0 unspecified atom stereocenters. The zero-order valence-electron chi connectivity index (χ0n) is 15.4. The second-order valence-electron chi connectivity index (χ2n) is 7.46. The lowest BCUT2D eigenvalue weighted by Crippen LogP contribution is -2.20. The Hall–Kier alpha value is -2.38. The number of hydrogen-bond donors (Lipinski definition) is 2. The number of aromatic amines is 1. The number of hydrogen-bond acceptors (Lipinski definition) is 4. The number of sulfonamides is 1. The molecular formula is C20H24N4O2S. The van der Waals surface area contributed by atoms with Crippen LogP contribution in [0.4, 0.5) is 5.69 Å². The van der Waals surface area contributed by atoms with Crippen LogP contribution in [-0.4, -0.2) is 42.9 Å². The topological polar surface area (TPSA) is 78.1 Å². The minimum absolute atomic E-state index is 0.624. The summed E-state index contributed by atoms with van der Waals surface area (Å²) in [6, 6.07) is 14.2. The summed E-state index contributed by atoms with van der Waals surface area (Å²) in [5.41, 5.74) is 4.19. The first-order chi connectivity index (χ1) is 12.9. The Kier molecular flexibility index (Phi) is 4.88. The molecule has 0 amide bonds. The van der Waals surface area contributed by atoms with Crippen LogP contribution < -0.4 is 4.72 Å². The number of H-pyrrole nitrogens is 1. The van der Waals surface area contributed by atoms with E-state index in [9.17, 15) is 8.42 Å². The van der Waals surface area contributed by atoms with Crippen LogP contribution in [0.2, 0.25) is 0 Å². The zero-order valence-corrected chi connectivity index (χ0v) is 16.2. The van der Waals surface area contributed by atoms with E-state index in [0.29, 0.717) is 11.6 Å². The Morgan fingerprint density at radius 3 is 2.96 bits per heavy atom. The molecule has 2 aromatic carbocycles. The van der Waals surface area contributed by atoms with Crippen molar-refractivity contribution in [1.82, 2.24) is 15.1 Å². The Balaban J connectivity index is 1.36. The summed E-state index contributed by atoms with van der Waals surface area (Å²) < 4.78 is 25.4. The lowest BCUT2D eigenvalue weighted by atomic mass is 9.98. The van der Waals surface area contributed by atoms with Gasteiger partial charge in [-0.25, -0.2) is 8.42 Å². The van der Waals surface area contributed by atoms with E-state index in [4.69, 9.17) is 0 Å². The second kappa shape index (κ2) is 7.32. The van der Waals surface area contributed by atoms with Gasteiger partial charge < -0.3 is 0 Å². The first kappa shape index (κ1) is 18.0. The largest absolute Gasteiger partial charge is 0.299 e. The SMILES string of the molecule is CS(=O)(=O)Nc1cccc(CN2CC[C@H](Cc3ccc4[nH]ncc4c3)C2)c1. The van der Waals surface area contributed by atoms with Gasteiger partial charge >= 0.3 is 0 Å². The van der Waals surface area contributed by atoms with Gasteiger partial charge in [-0.2, -0.15) is 5.10 Å². The van der Waals surface area contributed by atoms with Crippen molar-refractivity contribution in [1.29, 1.82) is 0 Å². The fourth-order valence-electron chi connectivity index (χ4n) is 3.88.